The van der Waals surface area contributed by atoms with E-state index in [1.165, 1.54) is 12.0 Å². The van der Waals surface area contributed by atoms with Gasteiger partial charge in [-0.2, -0.15) is 0 Å². The zero-order valence-electron chi connectivity index (χ0n) is 8.86. The van der Waals surface area contributed by atoms with Crippen LogP contribution in [0.3, 0.4) is 0 Å². The summed E-state index contributed by atoms with van der Waals surface area (Å²) in [5, 5.41) is 0. The van der Waals surface area contributed by atoms with Gasteiger partial charge in [-0.15, -0.1) is 0 Å². The monoisotopic (exact) mass is 182 g/mol. The minimum atomic E-state index is 0.0273. The summed E-state index contributed by atoms with van der Waals surface area (Å²) < 4.78 is 12.6. The first kappa shape index (κ1) is 10.5. The van der Waals surface area contributed by atoms with Crippen LogP contribution in [0.4, 0.5) is 4.39 Å². The molecule has 0 heterocycles. The molecular weight excluding hydrogens is 163 g/mol. The van der Waals surface area contributed by atoms with E-state index in [0.29, 0.717) is 11.8 Å². The quantitative estimate of drug-likeness (QED) is 0.594. The predicted molar refractivity (Wildman–Crippen MR) is 55.2 cm³/mol. The molecule has 1 aliphatic rings. The summed E-state index contributed by atoms with van der Waals surface area (Å²) in [6.45, 7) is 6.73. The largest absolute Gasteiger partial charge is 0.212 e. The van der Waals surface area contributed by atoms with Gasteiger partial charge in [-0.3, -0.25) is 0 Å². The van der Waals surface area contributed by atoms with Crippen molar-refractivity contribution < 1.29 is 4.39 Å². The first-order chi connectivity index (χ1) is 5.97. The second-order valence-corrected chi connectivity index (χ2v) is 5.00. The summed E-state index contributed by atoms with van der Waals surface area (Å²) in [6, 6.07) is 0. The molecule has 0 fully saturated rings. The highest BCUT2D eigenvalue weighted by Crippen LogP contribution is 2.28. The molecule has 0 aromatic rings. The van der Waals surface area contributed by atoms with E-state index >= 15 is 0 Å². The van der Waals surface area contributed by atoms with E-state index < -0.39 is 0 Å². The Balaban J connectivity index is 2.39. The molecule has 1 rings (SSSR count). The molecule has 0 saturated carbocycles. The van der Waals surface area contributed by atoms with E-state index in [1.807, 2.05) is 6.08 Å². The first-order valence-electron chi connectivity index (χ1n) is 5.01. The molecule has 0 atom stereocenters. The highest BCUT2D eigenvalue weighted by Gasteiger charge is 2.12. The van der Waals surface area contributed by atoms with Gasteiger partial charge >= 0.3 is 0 Å². The molecular formula is C12H19F. The molecule has 0 aromatic carbocycles. The average Bonchev–Trinajstić information content (AvgIpc) is 2.02. The van der Waals surface area contributed by atoms with Crippen molar-refractivity contribution in [3.05, 3.63) is 23.6 Å². The van der Waals surface area contributed by atoms with Crippen molar-refractivity contribution in [2.45, 2.75) is 46.5 Å². The maximum absolute atomic E-state index is 12.6. The Bertz CT molecular complexity index is 228. The minimum absolute atomic E-state index is 0.0273. The number of hydrogen-bond acceptors (Lipinski definition) is 0. The molecule has 0 aliphatic heterocycles. The van der Waals surface area contributed by atoms with Gasteiger partial charge in [0, 0.05) is 6.42 Å². The summed E-state index contributed by atoms with van der Waals surface area (Å²) in [7, 11) is 0. The lowest BCUT2D eigenvalue weighted by Crippen LogP contribution is -2.05. The van der Waals surface area contributed by atoms with Crippen molar-refractivity contribution in [3.8, 4) is 0 Å². The van der Waals surface area contributed by atoms with Crippen LogP contribution in [0.15, 0.2) is 23.6 Å². The van der Waals surface area contributed by atoms with E-state index in [9.17, 15) is 4.39 Å². The molecule has 1 aliphatic carbocycles. The maximum atomic E-state index is 12.6. The molecule has 0 aromatic heterocycles. The van der Waals surface area contributed by atoms with E-state index in [-0.39, 0.29) is 5.83 Å². The van der Waals surface area contributed by atoms with Gasteiger partial charge in [0.2, 0.25) is 0 Å². The minimum Gasteiger partial charge on any atom is -0.212 e. The topological polar surface area (TPSA) is 0 Å². The molecule has 0 N–H and O–H groups in total. The Labute approximate surface area is 80.5 Å². The lowest BCUT2D eigenvalue weighted by Gasteiger charge is -2.19. The lowest BCUT2D eigenvalue weighted by molar-refractivity contribution is 0.375. The van der Waals surface area contributed by atoms with E-state index in [1.54, 1.807) is 6.08 Å². The Hall–Kier alpha value is -0.590. The normalized spacial score (nSPS) is 18.2. The van der Waals surface area contributed by atoms with Crippen molar-refractivity contribution in [2.75, 3.05) is 0 Å². The van der Waals surface area contributed by atoms with Crippen LogP contribution < -0.4 is 0 Å². The van der Waals surface area contributed by atoms with Gasteiger partial charge in [0.05, 0.1) is 0 Å². The molecule has 0 bridgehead atoms. The molecule has 1 heteroatoms. The van der Waals surface area contributed by atoms with Gasteiger partial charge < -0.3 is 0 Å². The average molecular weight is 182 g/mol. The smallest absolute Gasteiger partial charge is 0.100 e. The highest BCUT2D eigenvalue weighted by molar-refractivity contribution is 5.20. The Morgan fingerprint density at radius 2 is 1.92 bits per heavy atom. The van der Waals surface area contributed by atoms with Crippen LogP contribution in [0.5, 0.6) is 0 Å². The third kappa shape index (κ3) is 4.25. The fourth-order valence-electron chi connectivity index (χ4n) is 1.40. The van der Waals surface area contributed by atoms with Crippen molar-refractivity contribution in [2.24, 2.45) is 5.41 Å². The molecule has 0 unspecified atom stereocenters. The van der Waals surface area contributed by atoms with Gasteiger partial charge in [0.25, 0.3) is 0 Å². The van der Waals surface area contributed by atoms with E-state index in [0.717, 1.165) is 12.8 Å². The summed E-state index contributed by atoms with van der Waals surface area (Å²) in [6.07, 6.45) is 7.39. The SMILES string of the molecule is CC(C)(C)CCC1=CC=C(F)CC1. The highest BCUT2D eigenvalue weighted by atomic mass is 19.1. The third-order valence-electron chi connectivity index (χ3n) is 2.38. The second-order valence-electron chi connectivity index (χ2n) is 5.00. The second kappa shape index (κ2) is 4.08. The summed E-state index contributed by atoms with van der Waals surface area (Å²) in [4.78, 5) is 0. The van der Waals surface area contributed by atoms with Gasteiger partial charge in [0.1, 0.15) is 5.83 Å². The van der Waals surface area contributed by atoms with Crippen LogP contribution in [-0.4, -0.2) is 0 Å². The Kier molecular flexibility index (Phi) is 3.29. The molecule has 74 valence electrons. The fraction of sp³-hybridized carbons (Fsp3) is 0.667. The number of allylic oxidation sites excluding steroid dienone is 4. The van der Waals surface area contributed by atoms with Gasteiger partial charge in [-0.05, 0) is 30.8 Å². The zero-order chi connectivity index (χ0) is 9.90. The van der Waals surface area contributed by atoms with Crippen molar-refractivity contribution >= 4 is 0 Å². The van der Waals surface area contributed by atoms with Crippen LogP contribution in [0.2, 0.25) is 0 Å². The van der Waals surface area contributed by atoms with Crippen LogP contribution >= 0.6 is 0 Å². The number of hydrogen-bond donors (Lipinski definition) is 0. The summed E-state index contributed by atoms with van der Waals surface area (Å²) in [5.74, 6) is 0.0273. The first-order valence-corrected chi connectivity index (χ1v) is 5.01. The van der Waals surface area contributed by atoms with E-state index in [4.69, 9.17) is 0 Å². The number of rotatable bonds is 2. The van der Waals surface area contributed by atoms with Gasteiger partial charge in [0.15, 0.2) is 0 Å². The van der Waals surface area contributed by atoms with E-state index in [2.05, 4.69) is 20.8 Å². The molecule has 0 radical (unpaired) electrons. The van der Waals surface area contributed by atoms with Gasteiger partial charge in [-0.1, -0.05) is 32.4 Å². The lowest BCUT2D eigenvalue weighted by atomic mass is 9.87. The molecule has 0 amide bonds. The third-order valence-corrected chi connectivity index (χ3v) is 2.38. The molecule has 0 nitrogen and oxygen atoms in total. The Morgan fingerprint density at radius 1 is 1.23 bits per heavy atom. The Morgan fingerprint density at radius 3 is 2.38 bits per heavy atom. The van der Waals surface area contributed by atoms with Crippen molar-refractivity contribution in [1.82, 2.24) is 0 Å². The van der Waals surface area contributed by atoms with Crippen molar-refractivity contribution in [3.63, 3.8) is 0 Å². The van der Waals surface area contributed by atoms with Crippen LogP contribution in [0.1, 0.15) is 46.5 Å². The zero-order valence-corrected chi connectivity index (χ0v) is 8.86. The molecule has 0 spiro atoms. The predicted octanol–water partition coefficient (Wildman–Crippen LogP) is 4.39. The van der Waals surface area contributed by atoms with Gasteiger partial charge in [-0.25, -0.2) is 4.39 Å². The van der Waals surface area contributed by atoms with Crippen LogP contribution in [0.25, 0.3) is 0 Å². The van der Waals surface area contributed by atoms with Crippen LogP contribution in [0, 0.1) is 5.41 Å². The standard InChI is InChI=1S/C12H19F/c1-12(2,3)9-8-10-4-6-11(13)7-5-10/h4,6H,5,7-9H2,1-3H3. The van der Waals surface area contributed by atoms with Crippen LogP contribution in [-0.2, 0) is 0 Å². The maximum Gasteiger partial charge on any atom is 0.100 e. The summed E-state index contributed by atoms with van der Waals surface area (Å²) in [5.41, 5.74) is 1.79. The molecule has 0 saturated heterocycles. The number of halogens is 1. The fourth-order valence-corrected chi connectivity index (χ4v) is 1.40. The van der Waals surface area contributed by atoms with Crippen molar-refractivity contribution in [1.29, 1.82) is 0 Å². The summed E-state index contributed by atoms with van der Waals surface area (Å²) >= 11 is 0. The molecule has 13 heavy (non-hydrogen) atoms.